The van der Waals surface area contributed by atoms with Crippen LogP contribution in [-0.2, 0) is 12.8 Å². The molecule has 1 unspecified atom stereocenters. The third kappa shape index (κ3) is 3.69. The molecule has 6 heteroatoms. The molecule has 2 aromatic rings. The summed E-state index contributed by atoms with van der Waals surface area (Å²) in [5, 5.41) is 3.01. The number of hydrogen-bond acceptors (Lipinski definition) is 4. The first-order chi connectivity index (χ1) is 10.0. The van der Waals surface area contributed by atoms with Crippen LogP contribution in [0.1, 0.15) is 42.0 Å². The SMILES string of the molecule is CSCc1ccc(C(=O)NC(c2nccn2C)C(C)C)o1. The summed E-state index contributed by atoms with van der Waals surface area (Å²) < 4.78 is 7.48. The molecule has 2 rings (SSSR count). The van der Waals surface area contributed by atoms with Gasteiger partial charge in [-0.05, 0) is 24.3 Å². The second kappa shape index (κ2) is 6.85. The number of rotatable bonds is 6. The highest BCUT2D eigenvalue weighted by Gasteiger charge is 2.23. The molecule has 0 fully saturated rings. The average molecular weight is 307 g/mol. The maximum absolute atomic E-state index is 12.3. The van der Waals surface area contributed by atoms with Gasteiger partial charge >= 0.3 is 0 Å². The molecule has 0 aromatic carbocycles. The molecule has 2 aromatic heterocycles. The van der Waals surface area contributed by atoms with E-state index in [1.807, 2.05) is 30.1 Å². The molecule has 0 radical (unpaired) electrons. The molecular formula is C15H21N3O2S. The number of imidazole rings is 1. The lowest BCUT2D eigenvalue weighted by molar-refractivity contribution is 0.0892. The Balaban J connectivity index is 2.13. The van der Waals surface area contributed by atoms with Gasteiger partial charge in [0.1, 0.15) is 11.6 Å². The average Bonchev–Trinajstić information content (AvgIpc) is 3.05. The number of thioether (sulfide) groups is 1. The molecule has 1 amide bonds. The Morgan fingerprint density at radius 3 is 2.81 bits per heavy atom. The van der Waals surface area contributed by atoms with Crippen LogP contribution in [0.5, 0.6) is 0 Å². The van der Waals surface area contributed by atoms with Crippen LogP contribution in [0.25, 0.3) is 0 Å². The summed E-state index contributed by atoms with van der Waals surface area (Å²) in [4.78, 5) is 16.7. The molecular weight excluding hydrogens is 286 g/mol. The van der Waals surface area contributed by atoms with Crippen molar-refractivity contribution in [3.05, 3.63) is 41.9 Å². The van der Waals surface area contributed by atoms with E-state index >= 15 is 0 Å². The molecule has 0 aliphatic carbocycles. The molecule has 0 aliphatic rings. The highest BCUT2D eigenvalue weighted by Crippen LogP contribution is 2.21. The lowest BCUT2D eigenvalue weighted by atomic mass is 10.0. The van der Waals surface area contributed by atoms with E-state index in [1.54, 1.807) is 24.0 Å². The van der Waals surface area contributed by atoms with Crippen molar-refractivity contribution in [2.24, 2.45) is 13.0 Å². The zero-order chi connectivity index (χ0) is 15.4. The maximum atomic E-state index is 12.3. The third-order valence-electron chi connectivity index (χ3n) is 3.26. The summed E-state index contributed by atoms with van der Waals surface area (Å²) in [5.74, 6) is 2.79. The first kappa shape index (κ1) is 15.7. The van der Waals surface area contributed by atoms with E-state index in [1.165, 1.54) is 0 Å². The summed E-state index contributed by atoms with van der Waals surface area (Å²) in [6.07, 6.45) is 5.61. The van der Waals surface area contributed by atoms with Crippen LogP contribution in [0.4, 0.5) is 0 Å². The van der Waals surface area contributed by atoms with Crippen molar-refractivity contribution in [3.63, 3.8) is 0 Å². The summed E-state index contributed by atoms with van der Waals surface area (Å²) in [7, 11) is 1.92. The Morgan fingerprint density at radius 2 is 2.24 bits per heavy atom. The number of furan rings is 1. The van der Waals surface area contributed by atoms with Crippen molar-refractivity contribution in [1.82, 2.24) is 14.9 Å². The van der Waals surface area contributed by atoms with Gasteiger partial charge in [0.15, 0.2) is 5.76 Å². The van der Waals surface area contributed by atoms with Gasteiger partial charge in [-0.25, -0.2) is 4.98 Å². The van der Waals surface area contributed by atoms with Crippen LogP contribution in [-0.4, -0.2) is 21.7 Å². The molecule has 5 nitrogen and oxygen atoms in total. The molecule has 1 atom stereocenters. The minimum Gasteiger partial charge on any atom is -0.455 e. The zero-order valence-electron chi connectivity index (χ0n) is 12.8. The number of aromatic nitrogens is 2. The van der Waals surface area contributed by atoms with Crippen LogP contribution in [0, 0.1) is 5.92 Å². The summed E-state index contributed by atoms with van der Waals surface area (Å²) in [5.41, 5.74) is 0. The minimum absolute atomic E-state index is 0.147. The van der Waals surface area contributed by atoms with Crippen molar-refractivity contribution in [1.29, 1.82) is 0 Å². The van der Waals surface area contributed by atoms with Crippen LogP contribution < -0.4 is 5.32 Å². The quantitative estimate of drug-likeness (QED) is 0.891. The van der Waals surface area contributed by atoms with Crippen molar-refractivity contribution in [2.45, 2.75) is 25.6 Å². The lowest BCUT2D eigenvalue weighted by Gasteiger charge is -2.21. The topological polar surface area (TPSA) is 60.1 Å². The molecule has 0 bridgehead atoms. The molecule has 1 N–H and O–H groups in total. The summed E-state index contributed by atoms with van der Waals surface area (Å²) >= 11 is 1.66. The fourth-order valence-electron chi connectivity index (χ4n) is 2.14. The van der Waals surface area contributed by atoms with Gasteiger partial charge in [0.05, 0.1) is 11.8 Å². The molecule has 0 saturated heterocycles. The number of nitrogens with one attached hydrogen (secondary N) is 1. The lowest BCUT2D eigenvalue weighted by Crippen LogP contribution is -2.33. The van der Waals surface area contributed by atoms with Gasteiger partial charge in [-0.1, -0.05) is 13.8 Å². The van der Waals surface area contributed by atoms with E-state index in [2.05, 4.69) is 24.1 Å². The van der Waals surface area contributed by atoms with Crippen LogP contribution >= 0.6 is 11.8 Å². The molecule has 0 spiro atoms. The third-order valence-corrected chi connectivity index (χ3v) is 3.84. The minimum atomic E-state index is -0.205. The van der Waals surface area contributed by atoms with Gasteiger partial charge in [-0.3, -0.25) is 4.79 Å². The van der Waals surface area contributed by atoms with Gasteiger partial charge in [-0.2, -0.15) is 11.8 Å². The normalized spacial score (nSPS) is 12.6. The van der Waals surface area contributed by atoms with Crippen LogP contribution in [0.3, 0.4) is 0 Å². The first-order valence-corrected chi connectivity index (χ1v) is 8.28. The Kier molecular flexibility index (Phi) is 5.12. The van der Waals surface area contributed by atoms with E-state index in [4.69, 9.17) is 4.42 Å². The van der Waals surface area contributed by atoms with E-state index in [9.17, 15) is 4.79 Å². The first-order valence-electron chi connectivity index (χ1n) is 6.88. The van der Waals surface area contributed by atoms with E-state index in [0.717, 1.165) is 17.3 Å². The van der Waals surface area contributed by atoms with Gasteiger partial charge in [0.25, 0.3) is 5.91 Å². The van der Waals surface area contributed by atoms with Crippen molar-refractivity contribution < 1.29 is 9.21 Å². The van der Waals surface area contributed by atoms with Gasteiger partial charge in [0, 0.05) is 19.4 Å². The number of hydrogen-bond donors (Lipinski definition) is 1. The van der Waals surface area contributed by atoms with Crippen molar-refractivity contribution in [3.8, 4) is 0 Å². The summed E-state index contributed by atoms with van der Waals surface area (Å²) in [6.45, 7) is 4.11. The van der Waals surface area contributed by atoms with Gasteiger partial charge in [-0.15, -0.1) is 0 Å². The van der Waals surface area contributed by atoms with Crippen LogP contribution in [0.15, 0.2) is 28.9 Å². The highest BCUT2D eigenvalue weighted by atomic mass is 32.2. The van der Waals surface area contributed by atoms with E-state index in [0.29, 0.717) is 5.76 Å². The van der Waals surface area contributed by atoms with Gasteiger partial charge in [0.2, 0.25) is 0 Å². The van der Waals surface area contributed by atoms with Gasteiger partial charge < -0.3 is 14.3 Å². The van der Waals surface area contributed by atoms with Crippen LogP contribution in [0.2, 0.25) is 0 Å². The Bertz CT molecular complexity index is 604. The number of carbonyl (C=O) groups is 1. The molecule has 114 valence electrons. The number of nitrogens with zero attached hydrogens (tertiary/aromatic N) is 2. The maximum Gasteiger partial charge on any atom is 0.287 e. The smallest absolute Gasteiger partial charge is 0.287 e. The monoisotopic (exact) mass is 307 g/mol. The molecule has 2 heterocycles. The van der Waals surface area contributed by atoms with Crippen molar-refractivity contribution >= 4 is 17.7 Å². The summed E-state index contributed by atoms with van der Waals surface area (Å²) in [6, 6.07) is 3.42. The Hall–Kier alpha value is -1.69. The number of amides is 1. The Labute approximate surface area is 129 Å². The predicted molar refractivity (Wildman–Crippen MR) is 84.2 cm³/mol. The molecule has 0 aliphatic heterocycles. The molecule has 0 saturated carbocycles. The second-order valence-corrected chi connectivity index (χ2v) is 6.16. The fourth-order valence-corrected chi connectivity index (χ4v) is 2.58. The largest absolute Gasteiger partial charge is 0.455 e. The van der Waals surface area contributed by atoms with E-state index in [-0.39, 0.29) is 17.9 Å². The number of carbonyl (C=O) groups excluding carboxylic acids is 1. The highest BCUT2D eigenvalue weighted by molar-refractivity contribution is 7.97. The Morgan fingerprint density at radius 1 is 1.48 bits per heavy atom. The zero-order valence-corrected chi connectivity index (χ0v) is 13.6. The van der Waals surface area contributed by atoms with E-state index < -0.39 is 0 Å². The predicted octanol–water partition coefficient (Wildman–Crippen LogP) is 3.00. The standard InChI is InChI=1S/C15H21N3O2S/c1-10(2)13(14-16-7-8-18(14)3)17-15(19)12-6-5-11(20-12)9-21-4/h5-8,10,13H,9H2,1-4H3,(H,17,19). The molecule has 21 heavy (non-hydrogen) atoms. The second-order valence-electron chi connectivity index (χ2n) is 5.29. The fraction of sp³-hybridized carbons (Fsp3) is 0.467. The number of aryl methyl sites for hydroxylation is 1. The van der Waals surface area contributed by atoms with Crippen molar-refractivity contribution in [2.75, 3.05) is 6.26 Å².